The predicted octanol–water partition coefficient (Wildman–Crippen LogP) is 4.73. The van der Waals surface area contributed by atoms with Crippen LogP contribution in [0.25, 0.3) is 0 Å². The van der Waals surface area contributed by atoms with Gasteiger partial charge in [-0.3, -0.25) is 4.57 Å². The molecule has 2 bridgehead atoms. The van der Waals surface area contributed by atoms with Gasteiger partial charge in [0.15, 0.2) is 9.84 Å². The summed E-state index contributed by atoms with van der Waals surface area (Å²) in [6, 6.07) is 7.64. The average Bonchev–Trinajstić information content (AvgIpc) is 3.24. The molecule has 2 aliphatic carbocycles. The maximum absolute atomic E-state index is 15.5. The van der Waals surface area contributed by atoms with Crippen molar-refractivity contribution in [3.05, 3.63) is 30.3 Å². The number of benzene rings is 1. The Balaban J connectivity index is 2.06. The van der Waals surface area contributed by atoms with Crippen molar-refractivity contribution in [2.24, 2.45) is 17.8 Å². The third-order valence-corrected chi connectivity index (χ3v) is 10.2. The van der Waals surface area contributed by atoms with Crippen LogP contribution in [-0.4, -0.2) is 32.5 Å². The maximum Gasteiger partial charge on any atom is 0.399 e. The molecule has 0 N–H and O–H groups in total. The van der Waals surface area contributed by atoms with Crippen LogP contribution in [0.15, 0.2) is 35.2 Å². The normalized spacial score (nSPS) is 28.6. The van der Waals surface area contributed by atoms with Crippen LogP contribution in [-0.2, 0) is 23.4 Å². The fourth-order valence-corrected chi connectivity index (χ4v) is 8.99. The van der Waals surface area contributed by atoms with E-state index in [1.54, 1.807) is 18.2 Å². The summed E-state index contributed by atoms with van der Waals surface area (Å²) in [6.07, 6.45) is 1.49. The van der Waals surface area contributed by atoms with E-state index in [2.05, 4.69) is 0 Å². The molecule has 0 spiro atoms. The highest BCUT2D eigenvalue weighted by molar-refractivity contribution is 7.92. The molecule has 0 saturated heterocycles. The minimum Gasteiger partial charge on any atom is -0.305 e. The zero-order valence-corrected chi connectivity index (χ0v) is 17.1. The summed E-state index contributed by atoms with van der Waals surface area (Å²) in [7, 11) is -8.80. The molecule has 4 atom stereocenters. The van der Waals surface area contributed by atoms with Gasteiger partial charge in [-0.15, -0.1) is 0 Å². The Hall–Kier alpha value is -0.820. The molecule has 152 valence electrons. The van der Waals surface area contributed by atoms with Gasteiger partial charge in [0.05, 0.1) is 29.3 Å². The Kier molecular flexibility index (Phi) is 5.84. The quantitative estimate of drug-likeness (QED) is 0.567. The second-order valence-electron chi connectivity index (χ2n) is 7.10. The average molecular weight is 422 g/mol. The van der Waals surface area contributed by atoms with Gasteiger partial charge in [0.1, 0.15) is 0 Å². The lowest BCUT2D eigenvalue weighted by atomic mass is 9.88. The van der Waals surface area contributed by atoms with Gasteiger partial charge in [0, 0.05) is 0 Å². The Labute approximate surface area is 158 Å². The molecule has 9 heteroatoms. The van der Waals surface area contributed by atoms with Crippen LogP contribution in [0.5, 0.6) is 0 Å². The highest BCUT2D eigenvalue weighted by Gasteiger charge is 2.69. The number of alkyl halides is 2. The van der Waals surface area contributed by atoms with Crippen molar-refractivity contribution in [1.29, 1.82) is 0 Å². The van der Waals surface area contributed by atoms with Gasteiger partial charge in [-0.25, -0.2) is 8.42 Å². The third-order valence-electron chi connectivity index (χ3n) is 5.63. The fraction of sp³-hybridized carbons (Fsp3) is 0.667. The highest BCUT2D eigenvalue weighted by Crippen LogP contribution is 2.70. The van der Waals surface area contributed by atoms with Gasteiger partial charge in [-0.05, 0) is 57.1 Å². The maximum atomic E-state index is 15.5. The molecule has 2 saturated carbocycles. The molecule has 2 fully saturated rings. The summed E-state index contributed by atoms with van der Waals surface area (Å²) in [5, 5.41) is -1.29. The number of rotatable bonds is 8. The third kappa shape index (κ3) is 3.39. The molecular formula is C18H25F2O5PS. The molecule has 2 aliphatic rings. The topological polar surface area (TPSA) is 69.7 Å². The van der Waals surface area contributed by atoms with Gasteiger partial charge in [0.25, 0.3) is 0 Å². The lowest BCUT2D eigenvalue weighted by Gasteiger charge is -2.38. The minimum atomic E-state index is -4.80. The molecule has 0 amide bonds. The highest BCUT2D eigenvalue weighted by atomic mass is 32.2. The van der Waals surface area contributed by atoms with E-state index in [0.717, 1.165) is 0 Å². The van der Waals surface area contributed by atoms with Gasteiger partial charge >= 0.3 is 13.3 Å². The van der Waals surface area contributed by atoms with E-state index in [1.807, 2.05) is 0 Å². The molecule has 1 aromatic rings. The standard InChI is InChI=1S/C18H25F2O5PS/c1-3-24-26(21,25-4-2)18(19,20)16-13-10-11-14(12-13)17(16)27(22,23)15-8-6-5-7-9-15/h5-9,13-14,16-17H,3-4,10-12H2,1-2H3/t13-,14+,16+,17+/m1/s1. The number of fused-ring (bicyclic) bond motifs is 2. The Morgan fingerprint density at radius 3 is 2.19 bits per heavy atom. The van der Waals surface area contributed by atoms with Gasteiger partial charge in [0.2, 0.25) is 0 Å². The lowest BCUT2D eigenvalue weighted by molar-refractivity contribution is -0.0310. The number of hydrogen-bond donors (Lipinski definition) is 0. The number of sulfone groups is 1. The number of halogens is 2. The predicted molar refractivity (Wildman–Crippen MR) is 97.5 cm³/mol. The Morgan fingerprint density at radius 2 is 1.63 bits per heavy atom. The molecule has 0 aromatic heterocycles. The van der Waals surface area contributed by atoms with E-state index < -0.39 is 40.2 Å². The molecule has 3 rings (SSSR count). The summed E-state index contributed by atoms with van der Waals surface area (Å²) < 4.78 is 80.2. The van der Waals surface area contributed by atoms with Crippen LogP contribution in [0.3, 0.4) is 0 Å². The van der Waals surface area contributed by atoms with E-state index in [9.17, 15) is 13.0 Å². The van der Waals surface area contributed by atoms with Crippen molar-refractivity contribution in [2.45, 2.75) is 48.9 Å². The first kappa shape index (κ1) is 20.9. The van der Waals surface area contributed by atoms with E-state index in [1.165, 1.54) is 26.0 Å². The van der Waals surface area contributed by atoms with Crippen molar-refractivity contribution >= 4 is 17.4 Å². The van der Waals surface area contributed by atoms with Crippen LogP contribution in [0, 0.1) is 17.8 Å². The Morgan fingerprint density at radius 1 is 1.07 bits per heavy atom. The van der Waals surface area contributed by atoms with Gasteiger partial charge in [-0.1, -0.05) is 18.2 Å². The first-order valence-electron chi connectivity index (χ1n) is 9.25. The molecule has 27 heavy (non-hydrogen) atoms. The summed E-state index contributed by atoms with van der Waals surface area (Å²) in [5.41, 5.74) is -3.87. The molecule has 0 aliphatic heterocycles. The van der Waals surface area contributed by atoms with Gasteiger partial charge in [-0.2, -0.15) is 8.78 Å². The van der Waals surface area contributed by atoms with Crippen LogP contribution < -0.4 is 0 Å². The summed E-state index contributed by atoms with van der Waals surface area (Å²) >= 11 is 0. The van der Waals surface area contributed by atoms with Crippen molar-refractivity contribution < 1.29 is 30.8 Å². The van der Waals surface area contributed by atoms with E-state index >= 15 is 8.78 Å². The first-order chi connectivity index (χ1) is 12.7. The van der Waals surface area contributed by atoms with Crippen LogP contribution >= 0.6 is 7.60 Å². The second kappa shape index (κ2) is 7.54. The molecule has 0 heterocycles. The second-order valence-corrected chi connectivity index (χ2v) is 11.3. The zero-order valence-electron chi connectivity index (χ0n) is 15.4. The summed E-state index contributed by atoms with van der Waals surface area (Å²) in [5.74, 6) is -2.46. The summed E-state index contributed by atoms with van der Waals surface area (Å²) in [6.45, 7) is 2.51. The molecule has 0 unspecified atom stereocenters. The van der Waals surface area contributed by atoms with Gasteiger partial charge < -0.3 is 9.05 Å². The molecule has 0 radical (unpaired) electrons. The minimum absolute atomic E-state index is 0.0194. The van der Waals surface area contributed by atoms with Crippen LogP contribution in [0.2, 0.25) is 0 Å². The van der Waals surface area contributed by atoms with E-state index in [-0.39, 0.29) is 24.0 Å². The van der Waals surface area contributed by atoms with Crippen molar-refractivity contribution in [2.75, 3.05) is 13.2 Å². The zero-order chi connectivity index (χ0) is 19.9. The largest absolute Gasteiger partial charge is 0.399 e. The van der Waals surface area contributed by atoms with Crippen LogP contribution in [0.4, 0.5) is 8.78 Å². The van der Waals surface area contributed by atoms with Crippen molar-refractivity contribution in [3.8, 4) is 0 Å². The first-order valence-corrected chi connectivity index (χ1v) is 12.3. The smallest absolute Gasteiger partial charge is 0.305 e. The monoisotopic (exact) mass is 422 g/mol. The fourth-order valence-electron chi connectivity index (χ4n) is 4.67. The molecule has 5 nitrogen and oxygen atoms in total. The molecular weight excluding hydrogens is 397 g/mol. The summed E-state index contributed by atoms with van der Waals surface area (Å²) in [4.78, 5) is 0.0194. The van der Waals surface area contributed by atoms with Crippen LogP contribution in [0.1, 0.15) is 33.1 Å². The van der Waals surface area contributed by atoms with Crippen molar-refractivity contribution in [1.82, 2.24) is 0 Å². The van der Waals surface area contributed by atoms with E-state index in [0.29, 0.717) is 19.3 Å². The van der Waals surface area contributed by atoms with E-state index in [4.69, 9.17) is 9.05 Å². The number of hydrogen-bond acceptors (Lipinski definition) is 5. The Bertz CT molecular complexity index is 804. The molecule has 1 aromatic carbocycles. The SMILES string of the molecule is CCOP(=O)(OCC)C(F)(F)[C@H]1[C@@H]2CC[C@@H](C2)[C@@H]1S(=O)(=O)c1ccccc1. The van der Waals surface area contributed by atoms with Crippen molar-refractivity contribution in [3.63, 3.8) is 0 Å². The lowest BCUT2D eigenvalue weighted by Crippen LogP contribution is -2.45.